The minimum Gasteiger partial charge on any atom is -0.382 e. The number of aryl methyl sites for hydroxylation is 4. The zero-order chi connectivity index (χ0) is 25.8. The van der Waals surface area contributed by atoms with Crippen LogP contribution in [-0.4, -0.2) is 34.6 Å². The number of nitrogens with zero attached hydrogens (tertiary/aromatic N) is 2. The van der Waals surface area contributed by atoms with Crippen molar-refractivity contribution in [2.75, 3.05) is 5.73 Å². The van der Waals surface area contributed by atoms with Crippen molar-refractivity contribution in [1.29, 1.82) is 0 Å². The molecule has 0 amide bonds. The molecule has 4 aromatic rings. The molecule has 0 fully saturated rings. The van der Waals surface area contributed by atoms with Crippen molar-refractivity contribution in [3.63, 3.8) is 0 Å². The third-order valence-electron chi connectivity index (χ3n) is 6.10. The van der Waals surface area contributed by atoms with E-state index in [1.54, 1.807) is 13.1 Å². The molecule has 2 aromatic carbocycles. The van der Waals surface area contributed by atoms with Crippen molar-refractivity contribution in [3.05, 3.63) is 76.5 Å². The van der Waals surface area contributed by atoms with Gasteiger partial charge in [-0.05, 0) is 61.1 Å². The molecule has 35 heavy (non-hydrogen) atoms. The summed E-state index contributed by atoms with van der Waals surface area (Å²) in [4.78, 5) is 46.9. The Bertz CT molecular complexity index is 1540. The summed E-state index contributed by atoms with van der Waals surface area (Å²) in [5, 5.41) is 8.56. The number of hydrogen-bond donors (Lipinski definition) is 6. The highest BCUT2D eigenvalue weighted by Gasteiger charge is 2.60. The Labute approximate surface area is 200 Å². The van der Waals surface area contributed by atoms with Gasteiger partial charge in [-0.15, -0.1) is 0 Å². The molecule has 0 spiro atoms. The summed E-state index contributed by atoms with van der Waals surface area (Å²) in [5.41, 5.74) is 10.3. The van der Waals surface area contributed by atoms with Crippen LogP contribution in [0.15, 0.2) is 48.7 Å². The highest BCUT2D eigenvalue weighted by molar-refractivity contribution is 7.71. The lowest BCUT2D eigenvalue weighted by Crippen LogP contribution is -2.26. The quantitative estimate of drug-likeness (QED) is 0.164. The van der Waals surface area contributed by atoms with Crippen molar-refractivity contribution in [3.8, 4) is 0 Å². The molecule has 0 radical (unpaired) electrons. The molecule has 184 valence electrons. The van der Waals surface area contributed by atoms with E-state index in [1.165, 1.54) is 12.1 Å². The van der Waals surface area contributed by atoms with Gasteiger partial charge >= 0.3 is 15.2 Å². The number of pyridine rings is 2. The van der Waals surface area contributed by atoms with Crippen molar-refractivity contribution in [2.45, 2.75) is 31.8 Å². The first kappa shape index (κ1) is 25.4. The summed E-state index contributed by atoms with van der Waals surface area (Å²) in [5.74, 6) is 0.346. The van der Waals surface area contributed by atoms with Crippen LogP contribution in [0.3, 0.4) is 0 Å². The lowest BCUT2D eigenvalue weighted by atomic mass is 9.98. The van der Waals surface area contributed by atoms with Crippen molar-refractivity contribution in [2.24, 2.45) is 0 Å². The largest absolute Gasteiger partial charge is 0.382 e. The van der Waals surface area contributed by atoms with E-state index in [4.69, 9.17) is 5.73 Å². The molecule has 0 unspecified atom stereocenters. The zero-order valence-electron chi connectivity index (χ0n) is 19.0. The average molecular weight is 517 g/mol. The summed E-state index contributed by atoms with van der Waals surface area (Å²) in [7, 11) is -11.2. The van der Waals surface area contributed by atoms with Crippen LogP contribution < -0.4 is 5.73 Å². The second kappa shape index (κ2) is 8.76. The number of aromatic nitrogens is 2. The Hall–Kier alpha value is -2.68. The molecular weight excluding hydrogens is 492 g/mol. The predicted molar refractivity (Wildman–Crippen MR) is 133 cm³/mol. The van der Waals surface area contributed by atoms with Crippen LogP contribution in [0.1, 0.15) is 27.8 Å². The third kappa shape index (κ3) is 4.50. The van der Waals surface area contributed by atoms with Gasteiger partial charge in [-0.25, -0.2) is 4.98 Å². The average Bonchev–Trinajstić information content (AvgIpc) is 2.75. The molecule has 2 heterocycles. The Morgan fingerprint density at radius 3 is 2.23 bits per heavy atom. The van der Waals surface area contributed by atoms with E-state index in [0.717, 1.165) is 39.0 Å². The van der Waals surface area contributed by atoms with Gasteiger partial charge in [0.25, 0.3) is 5.08 Å². The van der Waals surface area contributed by atoms with E-state index >= 15 is 0 Å². The minimum absolute atomic E-state index is 0.346. The van der Waals surface area contributed by atoms with E-state index in [0.29, 0.717) is 29.7 Å². The first-order valence-corrected chi connectivity index (χ1v) is 13.8. The summed E-state index contributed by atoms with van der Waals surface area (Å²) < 4.78 is 23.6. The lowest BCUT2D eigenvalue weighted by Gasteiger charge is -2.30. The number of nitrogen functional groups attached to an aromatic ring is 1. The number of nitrogens with two attached hydrogens (primary N) is 1. The van der Waals surface area contributed by atoms with Crippen LogP contribution in [0.5, 0.6) is 0 Å². The number of aliphatic hydroxyl groups is 1. The van der Waals surface area contributed by atoms with Gasteiger partial charge in [-0.1, -0.05) is 30.3 Å². The maximum absolute atomic E-state index is 11.8. The molecule has 0 atom stereocenters. The zero-order valence-corrected chi connectivity index (χ0v) is 20.7. The molecule has 4 rings (SSSR count). The summed E-state index contributed by atoms with van der Waals surface area (Å²) in [6.45, 7) is 3.61. The van der Waals surface area contributed by atoms with Crippen molar-refractivity contribution in [1.82, 2.24) is 9.97 Å². The van der Waals surface area contributed by atoms with Gasteiger partial charge in [0.2, 0.25) is 0 Å². The maximum Gasteiger partial charge on any atom is 0.374 e. The highest BCUT2D eigenvalue weighted by Crippen LogP contribution is 2.72. The number of hydrogen-bond acceptors (Lipinski definition) is 6. The van der Waals surface area contributed by atoms with E-state index in [2.05, 4.69) is 9.97 Å². The second-order valence-electron chi connectivity index (χ2n) is 8.62. The minimum atomic E-state index is -5.61. The van der Waals surface area contributed by atoms with Gasteiger partial charge in [0, 0.05) is 22.5 Å². The molecule has 12 heteroatoms. The fraction of sp³-hybridized carbons (Fsp3) is 0.217. The van der Waals surface area contributed by atoms with Crippen LogP contribution in [0.2, 0.25) is 0 Å². The third-order valence-corrected chi connectivity index (χ3v) is 9.80. The fourth-order valence-electron chi connectivity index (χ4n) is 4.17. The molecule has 2 aromatic heterocycles. The smallest absolute Gasteiger partial charge is 0.374 e. The standard InChI is InChI=1S/C23H25N3O7P2/c1-13-3-8-18-19-11-15(12-25-21(19)22(24)26-20(18)9-13)4-5-16-6-7-17(10-14(16)2)23(27,34(28,29)30)35(31,32)33/h3,6-12,27H,4-5H2,1-2H3,(H2,24,26)(H2,28,29,30)(H2,31,32,33). The van der Waals surface area contributed by atoms with Crippen LogP contribution >= 0.6 is 15.2 Å². The Morgan fingerprint density at radius 1 is 0.914 bits per heavy atom. The first-order valence-electron chi connectivity index (χ1n) is 10.6. The summed E-state index contributed by atoms with van der Waals surface area (Å²) in [6, 6.07) is 11.7. The maximum atomic E-state index is 11.8. The fourth-order valence-corrected chi connectivity index (χ4v) is 6.48. The molecule has 0 aliphatic carbocycles. The van der Waals surface area contributed by atoms with Gasteiger partial charge in [-0.3, -0.25) is 14.1 Å². The molecule has 0 aliphatic heterocycles. The van der Waals surface area contributed by atoms with Gasteiger partial charge in [0.15, 0.2) is 5.82 Å². The highest BCUT2D eigenvalue weighted by atomic mass is 31.2. The number of anilines is 1. The molecule has 7 N–H and O–H groups in total. The molecular formula is C23H25N3O7P2. The van der Waals surface area contributed by atoms with Crippen LogP contribution in [0.25, 0.3) is 21.8 Å². The van der Waals surface area contributed by atoms with E-state index in [9.17, 15) is 33.8 Å². The van der Waals surface area contributed by atoms with Crippen molar-refractivity contribution < 1.29 is 33.8 Å². The molecule has 0 aliphatic rings. The first-order chi connectivity index (χ1) is 16.2. The Morgan fingerprint density at radius 2 is 1.60 bits per heavy atom. The summed E-state index contributed by atoms with van der Waals surface area (Å²) in [6.07, 6.45) is 2.80. The van der Waals surface area contributed by atoms with Crippen LogP contribution in [-0.2, 0) is 27.1 Å². The summed E-state index contributed by atoms with van der Waals surface area (Å²) >= 11 is 0. The Balaban J connectivity index is 1.66. The van der Waals surface area contributed by atoms with Crippen molar-refractivity contribution >= 4 is 42.8 Å². The predicted octanol–water partition coefficient (Wildman–Crippen LogP) is 3.23. The van der Waals surface area contributed by atoms with E-state index in [1.807, 2.05) is 31.2 Å². The molecule has 0 bridgehead atoms. The van der Waals surface area contributed by atoms with Crippen LogP contribution in [0.4, 0.5) is 5.82 Å². The molecule has 10 nitrogen and oxygen atoms in total. The SMILES string of the molecule is Cc1ccc2c(c1)nc(N)c1ncc(CCc3ccc(C(O)(P(=O)(O)O)P(=O)(O)O)cc3C)cc12. The number of fused-ring (bicyclic) bond motifs is 3. The van der Waals surface area contributed by atoms with Gasteiger partial charge in [-0.2, -0.15) is 0 Å². The van der Waals surface area contributed by atoms with Gasteiger partial charge < -0.3 is 30.4 Å². The second-order valence-corrected chi connectivity index (χ2v) is 12.4. The van der Waals surface area contributed by atoms with Crippen LogP contribution in [0, 0.1) is 13.8 Å². The normalized spacial score (nSPS) is 13.0. The Kier molecular flexibility index (Phi) is 6.36. The number of rotatable bonds is 6. The van der Waals surface area contributed by atoms with E-state index in [-0.39, 0.29) is 0 Å². The topological polar surface area (TPSA) is 187 Å². The van der Waals surface area contributed by atoms with Gasteiger partial charge in [0.05, 0.1) is 5.52 Å². The molecule has 0 saturated heterocycles. The van der Waals surface area contributed by atoms with Gasteiger partial charge in [0.1, 0.15) is 5.52 Å². The van der Waals surface area contributed by atoms with E-state index < -0.39 is 25.8 Å². The number of benzene rings is 2. The lowest BCUT2D eigenvalue weighted by molar-refractivity contribution is 0.131. The monoisotopic (exact) mass is 517 g/mol. The molecule has 0 saturated carbocycles.